The third kappa shape index (κ3) is 3.63. The fraction of sp³-hybridized carbons (Fsp3) is 0.273. The standard InChI is InChI=1S/C22H20F4N2O2/c1-3-9-28(12-14-5-4-6-16(23)10-14)19(20(27)29)13(2)17-8-7-15(22(24,25)26)11-18(17)21(28)30/h4-8,10-11H,3,9,12H2,1-2H3,(H-,27,29)/p+1. The van der Waals surface area contributed by atoms with Crippen LogP contribution in [0, 0.1) is 5.82 Å². The minimum Gasteiger partial charge on any atom is -0.361 e. The molecule has 158 valence electrons. The molecule has 2 aromatic rings. The summed E-state index contributed by atoms with van der Waals surface area (Å²) in [5, 5.41) is 0. The van der Waals surface area contributed by atoms with Gasteiger partial charge in [0, 0.05) is 16.7 Å². The van der Waals surface area contributed by atoms with Crippen LogP contribution in [0.5, 0.6) is 0 Å². The topological polar surface area (TPSA) is 60.2 Å². The van der Waals surface area contributed by atoms with Gasteiger partial charge in [0.25, 0.3) is 0 Å². The molecular weight excluding hydrogens is 400 g/mol. The predicted octanol–water partition coefficient (Wildman–Crippen LogP) is 4.64. The number of nitrogens with two attached hydrogens (primary N) is 1. The minimum atomic E-state index is -4.63. The number of allylic oxidation sites excluding steroid dienone is 1. The number of fused-ring (bicyclic) bond motifs is 1. The number of hydrogen-bond donors (Lipinski definition) is 1. The van der Waals surface area contributed by atoms with E-state index in [-0.39, 0.29) is 29.9 Å². The number of primary amides is 1. The van der Waals surface area contributed by atoms with Crippen LogP contribution < -0.4 is 5.73 Å². The second-order valence-corrected chi connectivity index (χ2v) is 7.38. The summed E-state index contributed by atoms with van der Waals surface area (Å²) in [6, 6.07) is 8.43. The van der Waals surface area contributed by atoms with Crippen LogP contribution in [0.1, 0.15) is 47.3 Å². The van der Waals surface area contributed by atoms with Gasteiger partial charge in [0.05, 0.1) is 17.7 Å². The molecule has 1 heterocycles. The Labute approximate surface area is 171 Å². The van der Waals surface area contributed by atoms with Gasteiger partial charge in [-0.25, -0.2) is 13.7 Å². The number of amides is 2. The Morgan fingerprint density at radius 2 is 1.80 bits per heavy atom. The van der Waals surface area contributed by atoms with E-state index in [4.69, 9.17) is 5.73 Å². The highest BCUT2D eigenvalue weighted by atomic mass is 19.4. The second kappa shape index (κ2) is 7.68. The van der Waals surface area contributed by atoms with Gasteiger partial charge in [-0.15, -0.1) is 0 Å². The van der Waals surface area contributed by atoms with Gasteiger partial charge in [-0.2, -0.15) is 13.2 Å². The molecule has 8 heteroatoms. The summed E-state index contributed by atoms with van der Waals surface area (Å²) in [5.41, 5.74) is 5.59. The summed E-state index contributed by atoms with van der Waals surface area (Å²) in [4.78, 5) is 26.1. The quantitative estimate of drug-likeness (QED) is 0.565. The molecule has 4 nitrogen and oxygen atoms in total. The average Bonchev–Trinajstić information content (AvgIpc) is 2.65. The molecule has 1 aliphatic rings. The Morgan fingerprint density at radius 3 is 2.37 bits per heavy atom. The van der Waals surface area contributed by atoms with E-state index in [0.717, 1.165) is 12.1 Å². The van der Waals surface area contributed by atoms with Crippen molar-refractivity contribution in [2.75, 3.05) is 6.54 Å². The number of carbonyl (C=O) groups excluding carboxylic acids is 2. The number of hydrogen-bond acceptors (Lipinski definition) is 2. The Morgan fingerprint density at radius 1 is 1.10 bits per heavy atom. The first-order chi connectivity index (χ1) is 14.0. The Hall–Kier alpha value is -3.00. The van der Waals surface area contributed by atoms with Crippen molar-refractivity contribution >= 4 is 17.4 Å². The number of halogens is 4. The van der Waals surface area contributed by atoms with Gasteiger partial charge in [0.1, 0.15) is 12.4 Å². The van der Waals surface area contributed by atoms with Gasteiger partial charge >= 0.3 is 18.0 Å². The normalized spacial score (nSPS) is 19.1. The van der Waals surface area contributed by atoms with Crippen LogP contribution >= 0.6 is 0 Å². The van der Waals surface area contributed by atoms with Gasteiger partial charge in [0.15, 0.2) is 0 Å². The van der Waals surface area contributed by atoms with Crippen LogP contribution in [-0.4, -0.2) is 22.8 Å². The fourth-order valence-corrected chi connectivity index (χ4v) is 4.17. The van der Waals surface area contributed by atoms with E-state index in [1.807, 2.05) is 0 Å². The van der Waals surface area contributed by atoms with E-state index in [1.165, 1.54) is 24.3 Å². The Balaban J connectivity index is 2.29. The van der Waals surface area contributed by atoms with E-state index < -0.39 is 33.9 Å². The first-order valence-corrected chi connectivity index (χ1v) is 9.40. The molecule has 0 saturated heterocycles. The number of carbonyl (C=O) groups is 2. The van der Waals surface area contributed by atoms with E-state index in [1.54, 1.807) is 19.9 Å². The molecule has 2 N–H and O–H groups in total. The summed E-state index contributed by atoms with van der Waals surface area (Å²) in [6.07, 6.45) is -4.18. The third-order valence-corrected chi connectivity index (χ3v) is 5.33. The zero-order valence-electron chi connectivity index (χ0n) is 16.5. The average molecular weight is 421 g/mol. The number of quaternary nitrogens is 1. The maximum Gasteiger partial charge on any atom is 0.416 e. The van der Waals surface area contributed by atoms with Crippen molar-refractivity contribution in [1.29, 1.82) is 0 Å². The van der Waals surface area contributed by atoms with Crippen LogP contribution in [-0.2, 0) is 17.5 Å². The first kappa shape index (κ1) is 21.7. The van der Waals surface area contributed by atoms with Crippen molar-refractivity contribution in [3.63, 3.8) is 0 Å². The van der Waals surface area contributed by atoms with Crippen LogP contribution in [0.2, 0.25) is 0 Å². The first-order valence-electron chi connectivity index (χ1n) is 9.40. The smallest absolute Gasteiger partial charge is 0.361 e. The summed E-state index contributed by atoms with van der Waals surface area (Å²) in [7, 11) is 0. The Bertz CT molecular complexity index is 1060. The van der Waals surface area contributed by atoms with Gasteiger partial charge in [-0.05, 0) is 37.6 Å². The number of benzene rings is 2. The molecule has 3 rings (SSSR count). The van der Waals surface area contributed by atoms with Crippen molar-refractivity contribution in [3.8, 4) is 0 Å². The lowest BCUT2D eigenvalue weighted by Crippen LogP contribution is -2.56. The lowest BCUT2D eigenvalue weighted by atomic mass is 9.89. The number of alkyl halides is 3. The van der Waals surface area contributed by atoms with E-state index >= 15 is 0 Å². The van der Waals surface area contributed by atoms with Gasteiger partial charge in [0.2, 0.25) is 5.70 Å². The molecule has 0 spiro atoms. The molecule has 0 radical (unpaired) electrons. The van der Waals surface area contributed by atoms with Crippen LogP contribution in [0.25, 0.3) is 5.57 Å². The van der Waals surface area contributed by atoms with Crippen molar-refractivity contribution < 1.29 is 31.6 Å². The van der Waals surface area contributed by atoms with Gasteiger partial charge < -0.3 is 5.73 Å². The van der Waals surface area contributed by atoms with Gasteiger partial charge in [-0.1, -0.05) is 25.1 Å². The van der Waals surface area contributed by atoms with E-state index in [9.17, 15) is 27.2 Å². The molecule has 0 saturated carbocycles. The number of nitrogens with zero attached hydrogens (tertiary/aromatic N) is 1. The molecule has 0 aliphatic carbocycles. The summed E-state index contributed by atoms with van der Waals surface area (Å²) in [6.45, 7) is 3.37. The van der Waals surface area contributed by atoms with E-state index in [0.29, 0.717) is 17.6 Å². The largest absolute Gasteiger partial charge is 0.416 e. The molecule has 0 fully saturated rings. The maximum absolute atomic E-state index is 13.8. The molecule has 0 bridgehead atoms. The molecular formula is C22H21F4N2O2+. The molecule has 1 unspecified atom stereocenters. The molecule has 2 amide bonds. The maximum atomic E-state index is 13.8. The highest BCUT2D eigenvalue weighted by Gasteiger charge is 2.50. The lowest BCUT2D eigenvalue weighted by Gasteiger charge is -2.40. The second-order valence-electron chi connectivity index (χ2n) is 7.38. The zero-order chi connectivity index (χ0) is 22.3. The molecule has 1 atom stereocenters. The monoisotopic (exact) mass is 421 g/mol. The zero-order valence-corrected chi connectivity index (χ0v) is 16.5. The lowest BCUT2D eigenvalue weighted by molar-refractivity contribution is -0.820. The van der Waals surface area contributed by atoms with Crippen molar-refractivity contribution in [2.45, 2.75) is 33.0 Å². The minimum absolute atomic E-state index is 0.0124. The van der Waals surface area contributed by atoms with Crippen LogP contribution in [0.3, 0.4) is 0 Å². The van der Waals surface area contributed by atoms with Crippen molar-refractivity contribution in [1.82, 2.24) is 0 Å². The molecule has 30 heavy (non-hydrogen) atoms. The summed E-state index contributed by atoms with van der Waals surface area (Å²) in [5.74, 6) is -2.02. The third-order valence-electron chi connectivity index (χ3n) is 5.33. The summed E-state index contributed by atoms with van der Waals surface area (Å²) < 4.78 is 53.0. The highest BCUT2D eigenvalue weighted by Crippen LogP contribution is 2.41. The SMILES string of the molecule is CCC[N+]1(Cc2cccc(F)c2)C(=O)c2cc(C(F)(F)F)ccc2C(C)=C1C(N)=O. The summed E-state index contributed by atoms with van der Waals surface area (Å²) >= 11 is 0. The van der Waals surface area contributed by atoms with Gasteiger partial charge in [-0.3, -0.25) is 4.79 Å². The van der Waals surface area contributed by atoms with Crippen LogP contribution in [0.4, 0.5) is 17.6 Å². The molecule has 0 aromatic heterocycles. The van der Waals surface area contributed by atoms with Crippen LogP contribution in [0.15, 0.2) is 48.2 Å². The van der Waals surface area contributed by atoms with Crippen molar-refractivity contribution in [2.24, 2.45) is 5.73 Å². The van der Waals surface area contributed by atoms with E-state index in [2.05, 4.69) is 0 Å². The predicted molar refractivity (Wildman–Crippen MR) is 103 cm³/mol. The van der Waals surface area contributed by atoms with Crippen molar-refractivity contribution in [3.05, 3.63) is 76.2 Å². The Kier molecular flexibility index (Phi) is 5.56. The molecule has 2 aromatic carbocycles. The highest BCUT2D eigenvalue weighted by molar-refractivity contribution is 6.07. The number of rotatable bonds is 5. The fourth-order valence-electron chi connectivity index (χ4n) is 4.17. The molecule has 1 aliphatic heterocycles.